The number of hydrogen-bond donors (Lipinski definition) is 1. The highest BCUT2D eigenvalue weighted by molar-refractivity contribution is 5.94. The molecule has 0 aliphatic rings. The predicted molar refractivity (Wildman–Crippen MR) is 48.3 cm³/mol. The van der Waals surface area contributed by atoms with Gasteiger partial charge in [0.05, 0.1) is 18.3 Å². The molecule has 0 aliphatic heterocycles. The Labute approximate surface area is 84.1 Å². The van der Waals surface area contributed by atoms with Gasteiger partial charge in [0.1, 0.15) is 5.69 Å². The number of nitrogens with two attached hydrogens (primary N) is 1. The quantitative estimate of drug-likeness (QED) is 0.791. The number of pyridine rings is 1. The van der Waals surface area contributed by atoms with Gasteiger partial charge in [0.15, 0.2) is 5.78 Å². The number of anilines is 1. The first kappa shape index (κ1) is 11.5. The molecule has 2 N–H and O–H groups in total. The fourth-order valence-electron chi connectivity index (χ4n) is 0.954. The number of nitrogen functional groups attached to an aromatic ring is 1. The van der Waals surface area contributed by atoms with Gasteiger partial charge in [-0.05, 0) is 12.1 Å². The van der Waals surface area contributed by atoms with Crippen LogP contribution in [0.4, 0.5) is 18.9 Å². The van der Waals surface area contributed by atoms with Crippen molar-refractivity contribution in [1.82, 2.24) is 4.98 Å². The molecule has 1 aromatic heterocycles. The Morgan fingerprint density at radius 2 is 2.07 bits per heavy atom. The Morgan fingerprint density at radius 3 is 2.53 bits per heavy atom. The van der Waals surface area contributed by atoms with Crippen molar-refractivity contribution in [3.63, 3.8) is 0 Å². The fourth-order valence-corrected chi connectivity index (χ4v) is 0.954. The lowest BCUT2D eigenvalue weighted by molar-refractivity contribution is -0.133. The number of halogens is 3. The molecule has 0 fully saturated rings. The second kappa shape index (κ2) is 4.29. The number of nitrogens with zero attached hydrogens (tertiary/aromatic N) is 1. The van der Waals surface area contributed by atoms with Gasteiger partial charge in [-0.1, -0.05) is 0 Å². The van der Waals surface area contributed by atoms with Gasteiger partial charge >= 0.3 is 6.18 Å². The van der Waals surface area contributed by atoms with Gasteiger partial charge < -0.3 is 5.73 Å². The van der Waals surface area contributed by atoms with E-state index in [1.54, 1.807) is 0 Å². The average Bonchev–Trinajstić information content (AvgIpc) is 2.14. The molecule has 15 heavy (non-hydrogen) atoms. The topological polar surface area (TPSA) is 56.0 Å². The molecule has 0 atom stereocenters. The van der Waals surface area contributed by atoms with Crippen LogP contribution >= 0.6 is 0 Å². The highest BCUT2D eigenvalue weighted by atomic mass is 19.4. The smallest absolute Gasteiger partial charge is 0.389 e. The van der Waals surface area contributed by atoms with Crippen LogP contribution in [0.25, 0.3) is 0 Å². The zero-order valence-corrected chi connectivity index (χ0v) is 7.71. The van der Waals surface area contributed by atoms with Crippen molar-refractivity contribution in [2.24, 2.45) is 0 Å². The highest BCUT2D eigenvalue weighted by Gasteiger charge is 2.28. The Morgan fingerprint density at radius 1 is 1.40 bits per heavy atom. The van der Waals surface area contributed by atoms with Crippen molar-refractivity contribution in [1.29, 1.82) is 0 Å². The van der Waals surface area contributed by atoms with Gasteiger partial charge in [-0.25, -0.2) is 0 Å². The zero-order valence-electron chi connectivity index (χ0n) is 7.71. The SMILES string of the molecule is Nc1ccc(C(=O)CCC(F)(F)F)nc1. The summed E-state index contributed by atoms with van der Waals surface area (Å²) in [7, 11) is 0. The minimum absolute atomic E-state index is 0.00782. The Bertz CT molecular complexity index is 345. The van der Waals surface area contributed by atoms with Crippen molar-refractivity contribution in [2.75, 3.05) is 5.73 Å². The Balaban J connectivity index is 2.58. The van der Waals surface area contributed by atoms with Gasteiger partial charge in [-0.3, -0.25) is 9.78 Å². The van der Waals surface area contributed by atoms with Gasteiger partial charge in [0.2, 0.25) is 0 Å². The van der Waals surface area contributed by atoms with Crippen molar-refractivity contribution in [2.45, 2.75) is 19.0 Å². The lowest BCUT2D eigenvalue weighted by Gasteiger charge is -2.04. The van der Waals surface area contributed by atoms with Crippen LogP contribution in [0.2, 0.25) is 0 Å². The fraction of sp³-hybridized carbons (Fsp3) is 0.333. The summed E-state index contributed by atoms with van der Waals surface area (Å²) in [4.78, 5) is 14.8. The number of ketones is 1. The normalized spacial score (nSPS) is 11.4. The van der Waals surface area contributed by atoms with Crippen molar-refractivity contribution in [3.05, 3.63) is 24.0 Å². The number of carbonyl (C=O) groups excluding carboxylic acids is 1. The standard InChI is InChI=1S/C9H9F3N2O/c10-9(11,12)4-3-8(15)7-2-1-6(13)5-14-7/h1-2,5H,3-4,13H2. The van der Waals surface area contributed by atoms with E-state index in [1.807, 2.05) is 0 Å². The molecule has 0 bridgehead atoms. The van der Waals surface area contributed by atoms with Gasteiger partial charge in [0, 0.05) is 6.42 Å². The second-order valence-electron chi connectivity index (χ2n) is 3.02. The molecule has 1 heterocycles. The molecule has 0 radical (unpaired) electrons. The highest BCUT2D eigenvalue weighted by Crippen LogP contribution is 2.22. The van der Waals surface area contributed by atoms with Crippen LogP contribution in [0.15, 0.2) is 18.3 Å². The number of carbonyl (C=O) groups is 1. The van der Waals surface area contributed by atoms with E-state index in [0.29, 0.717) is 5.69 Å². The molecule has 1 aromatic rings. The Hall–Kier alpha value is -1.59. The molecule has 0 spiro atoms. The molecule has 3 nitrogen and oxygen atoms in total. The molecule has 82 valence electrons. The van der Waals surface area contributed by atoms with E-state index >= 15 is 0 Å². The molecule has 0 amide bonds. The van der Waals surface area contributed by atoms with Crippen LogP contribution in [-0.4, -0.2) is 16.9 Å². The van der Waals surface area contributed by atoms with Crippen LogP contribution < -0.4 is 5.73 Å². The number of Topliss-reactive ketones (excluding diaryl/α,β-unsaturated/α-hetero) is 1. The van der Waals surface area contributed by atoms with E-state index < -0.39 is 24.8 Å². The van der Waals surface area contributed by atoms with E-state index in [2.05, 4.69) is 4.98 Å². The molecule has 1 rings (SSSR count). The van der Waals surface area contributed by atoms with Crippen LogP contribution in [0.3, 0.4) is 0 Å². The lowest BCUT2D eigenvalue weighted by Crippen LogP contribution is -2.11. The molecule has 0 aliphatic carbocycles. The van der Waals surface area contributed by atoms with Crippen LogP contribution in [0.5, 0.6) is 0 Å². The van der Waals surface area contributed by atoms with Gasteiger partial charge in [0.25, 0.3) is 0 Å². The molecule has 0 saturated carbocycles. The Kier molecular flexibility index (Phi) is 3.28. The van der Waals surface area contributed by atoms with Gasteiger partial charge in [-0.15, -0.1) is 0 Å². The van der Waals surface area contributed by atoms with E-state index in [1.165, 1.54) is 18.3 Å². The summed E-state index contributed by atoms with van der Waals surface area (Å²) in [5, 5.41) is 0. The maximum atomic E-state index is 11.8. The number of aromatic nitrogens is 1. The summed E-state index contributed by atoms with van der Waals surface area (Å²) < 4.78 is 35.4. The third kappa shape index (κ3) is 3.97. The first-order chi connectivity index (χ1) is 6.88. The second-order valence-corrected chi connectivity index (χ2v) is 3.02. The molecular weight excluding hydrogens is 209 g/mol. The van der Waals surface area contributed by atoms with E-state index in [4.69, 9.17) is 5.73 Å². The largest absolute Gasteiger partial charge is 0.397 e. The maximum Gasteiger partial charge on any atom is 0.389 e. The zero-order chi connectivity index (χ0) is 11.5. The first-order valence-corrected chi connectivity index (χ1v) is 4.20. The van der Waals surface area contributed by atoms with E-state index in [-0.39, 0.29) is 5.69 Å². The van der Waals surface area contributed by atoms with Crippen LogP contribution in [0.1, 0.15) is 23.3 Å². The summed E-state index contributed by atoms with van der Waals surface area (Å²) in [5.41, 5.74) is 5.69. The minimum atomic E-state index is -4.32. The van der Waals surface area contributed by atoms with Crippen LogP contribution in [-0.2, 0) is 0 Å². The summed E-state index contributed by atoms with van der Waals surface area (Å²) in [6.07, 6.45) is -4.79. The third-order valence-corrected chi connectivity index (χ3v) is 1.71. The molecule has 6 heteroatoms. The number of hydrogen-bond acceptors (Lipinski definition) is 3. The van der Waals surface area contributed by atoms with Crippen molar-refractivity contribution >= 4 is 11.5 Å². The number of alkyl halides is 3. The average molecular weight is 218 g/mol. The predicted octanol–water partition coefficient (Wildman–Crippen LogP) is 2.19. The van der Waals surface area contributed by atoms with Crippen molar-refractivity contribution < 1.29 is 18.0 Å². The summed E-state index contributed by atoms with van der Waals surface area (Å²) in [5.74, 6) is -0.632. The summed E-state index contributed by atoms with van der Waals surface area (Å²) in [6.45, 7) is 0. The summed E-state index contributed by atoms with van der Waals surface area (Å²) >= 11 is 0. The lowest BCUT2D eigenvalue weighted by atomic mass is 10.1. The molecule has 0 unspecified atom stereocenters. The molecular formula is C9H9F3N2O. The van der Waals surface area contributed by atoms with Gasteiger partial charge in [-0.2, -0.15) is 13.2 Å². The van der Waals surface area contributed by atoms with E-state index in [0.717, 1.165) is 0 Å². The molecule has 0 aromatic carbocycles. The van der Waals surface area contributed by atoms with Crippen molar-refractivity contribution in [3.8, 4) is 0 Å². The van der Waals surface area contributed by atoms with Crippen LogP contribution in [0, 0.1) is 0 Å². The molecule has 0 saturated heterocycles. The van der Waals surface area contributed by atoms with E-state index in [9.17, 15) is 18.0 Å². The summed E-state index contributed by atoms with van der Waals surface area (Å²) in [6, 6.07) is 2.74. The third-order valence-electron chi connectivity index (χ3n) is 1.71. The number of rotatable bonds is 3. The monoisotopic (exact) mass is 218 g/mol. The maximum absolute atomic E-state index is 11.8. The minimum Gasteiger partial charge on any atom is -0.397 e. The first-order valence-electron chi connectivity index (χ1n) is 4.20.